The second kappa shape index (κ2) is 17.4. The first-order chi connectivity index (χ1) is 13.6. The molecule has 5 heteroatoms. The lowest BCUT2D eigenvalue weighted by Crippen LogP contribution is -2.32. The van der Waals surface area contributed by atoms with E-state index in [1.807, 2.05) is 32.9 Å². The van der Waals surface area contributed by atoms with Gasteiger partial charge < -0.3 is 16.4 Å². The van der Waals surface area contributed by atoms with Gasteiger partial charge in [0.2, 0.25) is 0 Å². The minimum atomic E-state index is 0.533. The lowest BCUT2D eigenvalue weighted by Gasteiger charge is -2.30. The number of allylic oxidation sites excluding steroid dienone is 6. The van der Waals surface area contributed by atoms with E-state index >= 15 is 0 Å². The van der Waals surface area contributed by atoms with Gasteiger partial charge in [-0.05, 0) is 68.3 Å². The summed E-state index contributed by atoms with van der Waals surface area (Å²) in [5, 5.41) is 10.8. The lowest BCUT2D eigenvalue weighted by atomic mass is 9.97. The predicted octanol–water partition coefficient (Wildman–Crippen LogP) is 5.42. The van der Waals surface area contributed by atoms with Gasteiger partial charge >= 0.3 is 0 Å². The summed E-state index contributed by atoms with van der Waals surface area (Å²) in [6.07, 6.45) is 18.6. The van der Waals surface area contributed by atoms with Crippen LogP contribution in [0.5, 0.6) is 0 Å². The van der Waals surface area contributed by atoms with E-state index in [-0.39, 0.29) is 0 Å². The van der Waals surface area contributed by atoms with E-state index < -0.39 is 0 Å². The Morgan fingerprint density at radius 2 is 1.75 bits per heavy atom. The van der Waals surface area contributed by atoms with Gasteiger partial charge in [0.25, 0.3) is 0 Å². The molecule has 2 fully saturated rings. The van der Waals surface area contributed by atoms with Crippen LogP contribution in [-0.4, -0.2) is 29.6 Å². The van der Waals surface area contributed by atoms with Crippen molar-refractivity contribution >= 4 is 16.8 Å². The van der Waals surface area contributed by atoms with E-state index in [2.05, 4.69) is 47.0 Å². The van der Waals surface area contributed by atoms with Gasteiger partial charge in [-0.1, -0.05) is 56.5 Å². The SMILES string of the molecule is C/C=C/C=C\C(=C\N1CCC(CN)CC1)\C=C\SC(=N)C1CC1.C=CN.CC. The van der Waals surface area contributed by atoms with Crippen LogP contribution in [0.15, 0.2) is 60.3 Å². The molecule has 158 valence electrons. The van der Waals surface area contributed by atoms with Crippen molar-refractivity contribution in [3.05, 3.63) is 60.3 Å². The predicted molar refractivity (Wildman–Crippen MR) is 128 cm³/mol. The first-order valence-corrected chi connectivity index (χ1v) is 11.2. The molecule has 0 unspecified atom stereocenters. The van der Waals surface area contributed by atoms with Crippen molar-refractivity contribution in [1.82, 2.24) is 4.90 Å². The topological polar surface area (TPSA) is 79.1 Å². The maximum absolute atomic E-state index is 7.96. The Morgan fingerprint density at radius 1 is 1.14 bits per heavy atom. The van der Waals surface area contributed by atoms with Crippen molar-refractivity contribution in [3.8, 4) is 0 Å². The highest BCUT2D eigenvalue weighted by Crippen LogP contribution is 2.34. The van der Waals surface area contributed by atoms with E-state index in [1.165, 1.54) is 37.5 Å². The van der Waals surface area contributed by atoms with Crippen molar-refractivity contribution < 1.29 is 0 Å². The second-order valence-corrected chi connectivity index (χ2v) is 7.47. The average Bonchev–Trinajstić information content (AvgIpc) is 3.56. The Hall–Kier alpha value is -1.72. The van der Waals surface area contributed by atoms with Crippen molar-refractivity contribution in [1.29, 1.82) is 5.41 Å². The quantitative estimate of drug-likeness (QED) is 0.301. The van der Waals surface area contributed by atoms with Crippen LogP contribution in [-0.2, 0) is 0 Å². The molecule has 1 aliphatic carbocycles. The maximum atomic E-state index is 7.96. The van der Waals surface area contributed by atoms with Crippen molar-refractivity contribution in [2.45, 2.75) is 46.5 Å². The van der Waals surface area contributed by atoms with Crippen LogP contribution in [0, 0.1) is 17.2 Å². The third-order valence-electron chi connectivity index (χ3n) is 4.31. The molecule has 4 nitrogen and oxygen atoms in total. The van der Waals surface area contributed by atoms with E-state index in [1.54, 1.807) is 11.8 Å². The molecule has 0 aromatic rings. The zero-order valence-corrected chi connectivity index (χ0v) is 18.8. The monoisotopic (exact) mass is 404 g/mol. The van der Waals surface area contributed by atoms with Crippen LogP contribution in [0.2, 0.25) is 0 Å². The Bertz CT molecular complexity index is 537. The van der Waals surface area contributed by atoms with Gasteiger partial charge in [-0.3, -0.25) is 5.41 Å². The van der Waals surface area contributed by atoms with E-state index in [0.29, 0.717) is 11.8 Å². The van der Waals surface area contributed by atoms with Gasteiger partial charge in [-0.15, -0.1) is 0 Å². The highest BCUT2D eigenvalue weighted by molar-refractivity contribution is 8.16. The number of nitrogens with zero attached hydrogens (tertiary/aromatic N) is 1. The number of hydrogen-bond acceptors (Lipinski definition) is 5. The van der Waals surface area contributed by atoms with Gasteiger partial charge in [-0.2, -0.15) is 0 Å². The Balaban J connectivity index is 0.00000133. The largest absolute Gasteiger partial charge is 0.405 e. The lowest BCUT2D eigenvalue weighted by molar-refractivity contribution is 0.247. The summed E-state index contributed by atoms with van der Waals surface area (Å²) in [5.74, 6) is 1.22. The summed E-state index contributed by atoms with van der Waals surface area (Å²) < 4.78 is 0. The number of nitrogens with one attached hydrogen (secondary N) is 1. The zero-order valence-electron chi connectivity index (χ0n) is 17.9. The van der Waals surface area contributed by atoms with Gasteiger partial charge in [0.15, 0.2) is 0 Å². The molecule has 1 saturated carbocycles. The number of likely N-dealkylation sites (tertiary alicyclic amines) is 1. The van der Waals surface area contributed by atoms with Gasteiger partial charge in [0.05, 0.1) is 5.04 Å². The van der Waals surface area contributed by atoms with E-state index in [0.717, 1.165) is 24.7 Å². The molecule has 0 amide bonds. The van der Waals surface area contributed by atoms with Gasteiger partial charge in [0, 0.05) is 25.2 Å². The van der Waals surface area contributed by atoms with Crippen LogP contribution in [0.3, 0.4) is 0 Å². The van der Waals surface area contributed by atoms with Crippen LogP contribution in [0.1, 0.15) is 46.5 Å². The molecular weight excluding hydrogens is 364 g/mol. The van der Waals surface area contributed by atoms with Gasteiger partial charge in [0.1, 0.15) is 0 Å². The summed E-state index contributed by atoms with van der Waals surface area (Å²) in [4.78, 5) is 2.39. The summed E-state index contributed by atoms with van der Waals surface area (Å²) in [6.45, 7) is 12.1. The summed E-state index contributed by atoms with van der Waals surface area (Å²) in [7, 11) is 0. The number of thioether (sulfide) groups is 1. The Labute approximate surface area is 177 Å². The molecule has 0 spiro atoms. The molecule has 0 atom stereocenters. The highest BCUT2D eigenvalue weighted by Gasteiger charge is 2.25. The summed E-state index contributed by atoms with van der Waals surface area (Å²) >= 11 is 1.56. The Kier molecular flexibility index (Phi) is 16.3. The standard InChI is InChI=1S/C19H29N3S.C2H5N.C2H6/c1-2-3-4-5-17(10-13-23-19(21)18-6-7-18)15-22-11-8-16(14-20)9-12-22;1-2-3;1-2/h2-5,10,13,15-16,18,21H,6-9,11-12,14,20H2,1H3;2H,1,3H2;1-2H3/b3-2+,5-4-,13-10+,17-15-,21-19?;;. The highest BCUT2D eigenvalue weighted by atomic mass is 32.2. The number of hydrogen-bond donors (Lipinski definition) is 3. The van der Waals surface area contributed by atoms with Crippen molar-refractivity contribution in [2.75, 3.05) is 19.6 Å². The van der Waals surface area contributed by atoms with Crippen LogP contribution < -0.4 is 11.5 Å². The van der Waals surface area contributed by atoms with E-state index in [9.17, 15) is 0 Å². The molecule has 0 aromatic carbocycles. The van der Waals surface area contributed by atoms with Crippen LogP contribution >= 0.6 is 11.8 Å². The molecule has 2 rings (SSSR count). The molecule has 0 aromatic heterocycles. The van der Waals surface area contributed by atoms with Crippen molar-refractivity contribution in [3.63, 3.8) is 0 Å². The van der Waals surface area contributed by atoms with Crippen molar-refractivity contribution in [2.24, 2.45) is 23.3 Å². The fourth-order valence-corrected chi connectivity index (χ4v) is 3.38. The molecule has 28 heavy (non-hydrogen) atoms. The molecular formula is C23H40N4S. The van der Waals surface area contributed by atoms with Crippen LogP contribution in [0.4, 0.5) is 0 Å². The second-order valence-electron chi connectivity index (χ2n) is 6.52. The minimum Gasteiger partial charge on any atom is -0.405 e. The molecule has 2 aliphatic rings. The summed E-state index contributed by atoms with van der Waals surface area (Å²) in [6, 6.07) is 0. The third-order valence-corrected chi connectivity index (χ3v) is 5.17. The maximum Gasteiger partial charge on any atom is 0.0714 e. The smallest absolute Gasteiger partial charge is 0.0714 e. The summed E-state index contributed by atoms with van der Waals surface area (Å²) in [5.41, 5.74) is 11.6. The molecule has 0 radical (unpaired) electrons. The fraction of sp³-hybridized carbons (Fsp3) is 0.522. The fourth-order valence-electron chi connectivity index (χ4n) is 2.58. The number of nitrogens with two attached hydrogens (primary N) is 2. The molecule has 1 saturated heterocycles. The zero-order chi connectivity index (χ0) is 21.2. The number of piperidine rings is 1. The molecule has 0 bridgehead atoms. The van der Waals surface area contributed by atoms with E-state index in [4.69, 9.17) is 11.1 Å². The first-order valence-electron chi connectivity index (χ1n) is 10.3. The Morgan fingerprint density at radius 3 is 2.25 bits per heavy atom. The first kappa shape index (κ1) is 26.3. The van der Waals surface area contributed by atoms with Crippen LogP contribution in [0.25, 0.3) is 0 Å². The number of rotatable bonds is 7. The minimum absolute atomic E-state index is 0.533. The average molecular weight is 405 g/mol. The molecule has 1 aliphatic heterocycles. The normalized spacial score (nSPS) is 18.0. The molecule has 1 heterocycles. The van der Waals surface area contributed by atoms with Gasteiger partial charge in [-0.25, -0.2) is 0 Å². The molecule has 5 N–H and O–H groups in total. The third kappa shape index (κ3) is 12.6.